The van der Waals surface area contributed by atoms with Gasteiger partial charge in [0, 0.05) is 12.6 Å². The maximum absolute atomic E-state index is 12.1. The lowest BCUT2D eigenvalue weighted by Gasteiger charge is -2.20. The molecule has 1 heterocycles. The van der Waals surface area contributed by atoms with Crippen molar-refractivity contribution in [3.05, 3.63) is 41.3 Å². The zero-order chi connectivity index (χ0) is 20.6. The second-order valence-electron chi connectivity index (χ2n) is 5.74. The van der Waals surface area contributed by atoms with Crippen LogP contribution in [0.15, 0.2) is 44.2 Å². The fraction of sp³-hybridized carbons (Fsp3) is 0.389. The van der Waals surface area contributed by atoms with Crippen molar-refractivity contribution in [3.63, 3.8) is 0 Å². The van der Waals surface area contributed by atoms with Crippen molar-refractivity contribution in [1.29, 1.82) is 0 Å². The molecule has 28 heavy (non-hydrogen) atoms. The van der Waals surface area contributed by atoms with Crippen LogP contribution in [-0.2, 0) is 21.4 Å². The molecule has 0 aliphatic heterocycles. The van der Waals surface area contributed by atoms with Crippen LogP contribution in [0, 0.1) is 0 Å². The van der Waals surface area contributed by atoms with Gasteiger partial charge in [-0.05, 0) is 31.3 Å². The largest absolute Gasteiger partial charge is 0.490 e. The third-order valence-electron chi connectivity index (χ3n) is 4.06. The fourth-order valence-corrected chi connectivity index (χ4v) is 3.72. The molecule has 2 aromatic rings. The van der Waals surface area contributed by atoms with Gasteiger partial charge in [0.2, 0.25) is 0 Å². The third kappa shape index (κ3) is 5.84. The minimum Gasteiger partial charge on any atom is -0.490 e. The standard InChI is InChI=1S/C18H22ClN3O5S/c1-3-22(4-2)7-9-27-17-11-18(28(24,25)21-13-23)15(19)10-16(17)20-12-14-6-5-8-26-14/h5-6,8,10-11,20H,3-4,7,9,12H2,1-2H3. The molecule has 0 bridgehead atoms. The Morgan fingerprint density at radius 3 is 2.68 bits per heavy atom. The molecule has 0 amide bonds. The van der Waals surface area contributed by atoms with E-state index in [0.29, 0.717) is 31.1 Å². The number of carbonyl (C=O) groups excluding carboxylic acids is 1. The van der Waals surface area contributed by atoms with E-state index in [0.717, 1.165) is 19.2 Å². The van der Waals surface area contributed by atoms with Gasteiger partial charge in [0.05, 0.1) is 23.5 Å². The van der Waals surface area contributed by atoms with Gasteiger partial charge in [-0.1, -0.05) is 29.8 Å². The van der Waals surface area contributed by atoms with Crippen molar-refractivity contribution in [3.8, 4) is 5.75 Å². The molecule has 1 N–H and O–H groups in total. The van der Waals surface area contributed by atoms with E-state index < -0.39 is 10.0 Å². The summed E-state index contributed by atoms with van der Waals surface area (Å²) in [4.78, 5) is 12.3. The van der Waals surface area contributed by atoms with E-state index in [1.807, 2.05) is 13.8 Å². The summed E-state index contributed by atoms with van der Waals surface area (Å²) in [6.45, 7) is 7.20. The Morgan fingerprint density at radius 2 is 2.07 bits per heavy atom. The summed E-state index contributed by atoms with van der Waals surface area (Å²) in [6.07, 6.45) is 2.59. The van der Waals surface area contributed by atoms with Crippen molar-refractivity contribution < 1.29 is 22.4 Å². The average molecular weight is 428 g/mol. The summed E-state index contributed by atoms with van der Waals surface area (Å²) in [5, 5.41) is 3.03. The predicted octanol–water partition coefficient (Wildman–Crippen LogP) is 3.29. The quantitative estimate of drug-likeness (QED) is 0.433. The minimum atomic E-state index is -4.26. The smallest absolute Gasteiger partial charge is 0.294 e. The zero-order valence-electron chi connectivity index (χ0n) is 15.6. The average Bonchev–Trinajstić information content (AvgIpc) is 3.18. The van der Waals surface area contributed by atoms with E-state index in [1.165, 1.54) is 12.1 Å². The van der Waals surface area contributed by atoms with Crippen LogP contribution < -0.4 is 10.1 Å². The topological polar surface area (TPSA) is 101 Å². The first-order chi connectivity index (χ1) is 13.4. The lowest BCUT2D eigenvalue weighted by Crippen LogP contribution is -2.28. The molecule has 2 rings (SSSR count). The summed E-state index contributed by atoms with van der Waals surface area (Å²) >= 11 is 6.12. The molecular formula is C18H22ClN3O5S. The molecule has 0 saturated carbocycles. The van der Waals surface area contributed by atoms with E-state index in [9.17, 15) is 13.2 Å². The monoisotopic (exact) mass is 427 g/mol. The van der Waals surface area contributed by atoms with Crippen LogP contribution in [0.4, 0.5) is 5.69 Å². The summed E-state index contributed by atoms with van der Waals surface area (Å²) in [5.41, 5.74) is 0.495. The van der Waals surface area contributed by atoms with Gasteiger partial charge in [-0.25, -0.2) is 4.79 Å². The highest BCUT2D eigenvalue weighted by molar-refractivity contribution is 7.90. The first-order valence-electron chi connectivity index (χ1n) is 8.70. The Kier molecular flexibility index (Phi) is 8.07. The Morgan fingerprint density at radius 1 is 1.32 bits per heavy atom. The number of nitrogens with one attached hydrogen (secondary N) is 1. The highest BCUT2D eigenvalue weighted by Gasteiger charge is 2.21. The van der Waals surface area contributed by atoms with Gasteiger partial charge >= 0.3 is 0 Å². The second kappa shape index (κ2) is 10.3. The Bertz CT molecular complexity index is 921. The molecule has 1 aromatic heterocycles. The van der Waals surface area contributed by atoms with Crippen molar-refractivity contribution in [2.45, 2.75) is 25.3 Å². The highest BCUT2D eigenvalue weighted by Crippen LogP contribution is 2.35. The van der Waals surface area contributed by atoms with Crippen LogP contribution >= 0.6 is 11.6 Å². The molecule has 0 saturated heterocycles. The number of isocyanates is 1. The first kappa shape index (κ1) is 22.0. The Hall–Kier alpha value is -2.32. The maximum atomic E-state index is 12.1. The number of hydrogen-bond donors (Lipinski definition) is 1. The number of anilines is 1. The molecule has 10 heteroatoms. The van der Waals surface area contributed by atoms with E-state index in [-0.39, 0.29) is 15.7 Å². The Labute approximate surface area is 169 Å². The summed E-state index contributed by atoms with van der Waals surface area (Å²) in [6, 6.07) is 6.24. The van der Waals surface area contributed by atoms with Crippen LogP contribution in [0.1, 0.15) is 19.6 Å². The molecule has 0 radical (unpaired) electrons. The number of benzene rings is 1. The summed E-state index contributed by atoms with van der Waals surface area (Å²) < 4.78 is 38.2. The van der Waals surface area contributed by atoms with Crippen LogP contribution in [0.2, 0.25) is 5.02 Å². The minimum absolute atomic E-state index is 0.0861. The maximum Gasteiger partial charge on any atom is 0.294 e. The molecule has 0 aliphatic carbocycles. The number of hydrogen-bond acceptors (Lipinski definition) is 7. The zero-order valence-corrected chi connectivity index (χ0v) is 17.2. The van der Waals surface area contributed by atoms with Gasteiger partial charge < -0.3 is 19.4 Å². The SMILES string of the molecule is CCN(CC)CCOc1cc(S(=O)(=O)N=C=O)c(Cl)cc1NCc1ccco1. The van der Waals surface area contributed by atoms with Gasteiger partial charge in [-0.15, -0.1) is 0 Å². The fourth-order valence-electron chi connectivity index (χ4n) is 2.51. The van der Waals surface area contributed by atoms with Crippen LogP contribution in [0.3, 0.4) is 0 Å². The number of nitrogens with zero attached hydrogens (tertiary/aromatic N) is 2. The predicted molar refractivity (Wildman–Crippen MR) is 106 cm³/mol. The van der Waals surface area contributed by atoms with Crippen molar-refractivity contribution in [1.82, 2.24) is 4.90 Å². The molecule has 0 spiro atoms. The third-order valence-corrected chi connectivity index (χ3v) is 5.70. The summed E-state index contributed by atoms with van der Waals surface area (Å²) in [5.74, 6) is 0.968. The lowest BCUT2D eigenvalue weighted by molar-refractivity contribution is 0.223. The van der Waals surface area contributed by atoms with Gasteiger partial charge in [0.15, 0.2) is 0 Å². The van der Waals surface area contributed by atoms with E-state index in [1.54, 1.807) is 18.4 Å². The van der Waals surface area contributed by atoms with Gasteiger partial charge in [-0.2, -0.15) is 8.42 Å². The van der Waals surface area contributed by atoms with E-state index in [4.69, 9.17) is 20.8 Å². The summed E-state index contributed by atoms with van der Waals surface area (Å²) in [7, 11) is -4.26. The number of likely N-dealkylation sites (N-methyl/N-ethyl adjacent to an activating group) is 1. The molecule has 0 atom stereocenters. The molecule has 1 aromatic carbocycles. The molecular weight excluding hydrogens is 406 g/mol. The number of furan rings is 1. The number of rotatable bonds is 11. The van der Waals surface area contributed by atoms with Crippen molar-refractivity contribution in [2.24, 2.45) is 4.40 Å². The molecule has 0 unspecified atom stereocenters. The first-order valence-corrected chi connectivity index (χ1v) is 10.5. The highest BCUT2D eigenvalue weighted by atomic mass is 35.5. The molecule has 152 valence electrons. The van der Waals surface area contributed by atoms with Crippen LogP contribution in [0.5, 0.6) is 5.75 Å². The van der Waals surface area contributed by atoms with Gasteiger partial charge in [0.1, 0.15) is 23.0 Å². The Balaban J connectivity index is 2.30. The van der Waals surface area contributed by atoms with E-state index in [2.05, 4.69) is 14.6 Å². The van der Waals surface area contributed by atoms with Gasteiger partial charge in [-0.3, -0.25) is 0 Å². The molecule has 0 fully saturated rings. The van der Waals surface area contributed by atoms with Crippen LogP contribution in [0.25, 0.3) is 0 Å². The van der Waals surface area contributed by atoms with E-state index >= 15 is 0 Å². The normalized spacial score (nSPS) is 11.3. The molecule has 8 nitrogen and oxygen atoms in total. The van der Waals surface area contributed by atoms with Crippen molar-refractivity contribution >= 4 is 33.4 Å². The molecule has 0 aliphatic rings. The lowest BCUT2D eigenvalue weighted by atomic mass is 10.2. The number of ether oxygens (including phenoxy) is 1. The second-order valence-corrected chi connectivity index (χ2v) is 7.72. The van der Waals surface area contributed by atoms with Crippen LogP contribution in [-0.4, -0.2) is 45.6 Å². The van der Waals surface area contributed by atoms with Gasteiger partial charge in [0.25, 0.3) is 16.1 Å². The number of halogens is 1. The number of sulfonamides is 1. The van der Waals surface area contributed by atoms with Crippen molar-refractivity contribution in [2.75, 3.05) is 31.6 Å².